The molecule has 0 saturated carbocycles. The molecule has 3 amide bonds. The lowest BCUT2D eigenvalue weighted by atomic mass is 10.1. The van der Waals surface area contributed by atoms with Crippen molar-refractivity contribution in [3.8, 4) is 0 Å². The van der Waals surface area contributed by atoms with Crippen LogP contribution in [-0.4, -0.2) is 29.0 Å². The highest BCUT2D eigenvalue weighted by Crippen LogP contribution is 2.22. The summed E-state index contributed by atoms with van der Waals surface area (Å²) in [6, 6.07) is 19.8. The number of nitrogens with one attached hydrogen (secondary N) is 2. The monoisotopic (exact) mass is 494 g/mol. The van der Waals surface area contributed by atoms with E-state index in [-0.39, 0.29) is 5.11 Å². The summed E-state index contributed by atoms with van der Waals surface area (Å²) < 4.78 is 0.838. The van der Waals surface area contributed by atoms with E-state index in [1.165, 1.54) is 4.90 Å². The third-order valence-corrected chi connectivity index (χ3v) is 5.50. The highest BCUT2D eigenvalue weighted by Gasteiger charge is 2.38. The average Bonchev–Trinajstić information content (AvgIpc) is 2.76. The summed E-state index contributed by atoms with van der Waals surface area (Å²) in [5.74, 6) is -2.84. The van der Waals surface area contributed by atoms with Gasteiger partial charge in [-0.15, -0.1) is 0 Å². The maximum absolute atomic E-state index is 12.9. The van der Waals surface area contributed by atoms with Crippen molar-refractivity contribution < 1.29 is 14.4 Å². The molecule has 154 valence electrons. The Kier molecular flexibility index (Phi) is 5.88. The van der Waals surface area contributed by atoms with E-state index in [9.17, 15) is 14.4 Å². The number of hydrogen-bond acceptors (Lipinski definition) is 5. The van der Waals surface area contributed by atoms with E-state index in [1.54, 1.807) is 36.4 Å². The lowest BCUT2D eigenvalue weighted by Crippen LogP contribution is -2.58. The smallest absolute Gasteiger partial charge is 0.271 e. The summed E-state index contributed by atoms with van der Waals surface area (Å²) in [6.07, 6.45) is 1.10. The standard InChI is InChI=1S/C22H15BrN4O3S/c23-16-7-9-17(10-8-16)27-21(30)18(20(29)25-22(27)31)12-24-26-19(28)15-6-5-13-3-1-2-4-14(13)11-15/h1-12,18H,(H,26,28)(H,25,29,31)/b24-12-/t18-/m1/s1. The first-order valence-electron chi connectivity index (χ1n) is 9.21. The number of amides is 3. The molecular formula is C22H15BrN4O3S. The van der Waals surface area contributed by atoms with Crippen LogP contribution < -0.4 is 15.6 Å². The number of carbonyl (C=O) groups is 3. The van der Waals surface area contributed by atoms with E-state index in [2.05, 4.69) is 31.8 Å². The van der Waals surface area contributed by atoms with Crippen molar-refractivity contribution in [2.24, 2.45) is 11.0 Å². The summed E-state index contributed by atoms with van der Waals surface area (Å²) in [6.45, 7) is 0. The molecule has 0 bridgehead atoms. The number of anilines is 1. The normalized spacial score (nSPS) is 16.6. The molecule has 1 fully saturated rings. The molecule has 0 unspecified atom stereocenters. The second-order valence-electron chi connectivity index (χ2n) is 6.70. The summed E-state index contributed by atoms with van der Waals surface area (Å²) >= 11 is 8.49. The molecule has 0 aliphatic carbocycles. The van der Waals surface area contributed by atoms with Crippen molar-refractivity contribution in [3.05, 3.63) is 76.8 Å². The molecule has 1 aliphatic heterocycles. The maximum Gasteiger partial charge on any atom is 0.271 e. The Balaban J connectivity index is 1.49. The molecule has 1 heterocycles. The summed E-state index contributed by atoms with van der Waals surface area (Å²) in [5, 5.41) is 8.25. The molecule has 31 heavy (non-hydrogen) atoms. The van der Waals surface area contributed by atoms with Crippen molar-refractivity contribution in [3.63, 3.8) is 0 Å². The van der Waals surface area contributed by atoms with Crippen molar-refractivity contribution in [1.29, 1.82) is 0 Å². The lowest BCUT2D eigenvalue weighted by molar-refractivity contribution is -0.130. The molecule has 1 saturated heterocycles. The fourth-order valence-electron chi connectivity index (χ4n) is 3.12. The van der Waals surface area contributed by atoms with Crippen LogP contribution in [0.5, 0.6) is 0 Å². The van der Waals surface area contributed by atoms with Crippen LogP contribution in [0.3, 0.4) is 0 Å². The van der Waals surface area contributed by atoms with Gasteiger partial charge in [-0.25, -0.2) is 5.43 Å². The minimum atomic E-state index is -1.23. The second kappa shape index (κ2) is 8.75. The summed E-state index contributed by atoms with van der Waals surface area (Å²) in [5.41, 5.74) is 3.29. The molecule has 1 atom stereocenters. The lowest BCUT2D eigenvalue weighted by Gasteiger charge is -2.30. The summed E-state index contributed by atoms with van der Waals surface area (Å²) in [4.78, 5) is 38.8. The molecule has 1 aliphatic rings. The Labute approximate surface area is 191 Å². The minimum absolute atomic E-state index is 0.0119. The second-order valence-corrected chi connectivity index (χ2v) is 8.01. The van der Waals surface area contributed by atoms with Crippen LogP contribution in [0.15, 0.2) is 76.3 Å². The SMILES string of the molecule is O=C(N/N=C\[C@@H]1C(=O)NC(=S)N(c2ccc(Br)cc2)C1=O)c1ccc2ccccc2c1. The zero-order chi connectivity index (χ0) is 22.0. The largest absolute Gasteiger partial charge is 0.301 e. The van der Waals surface area contributed by atoms with Gasteiger partial charge in [-0.1, -0.05) is 46.3 Å². The molecule has 0 radical (unpaired) electrons. The zero-order valence-electron chi connectivity index (χ0n) is 15.9. The van der Waals surface area contributed by atoms with Crippen LogP contribution in [0, 0.1) is 5.92 Å². The quantitative estimate of drug-likeness (QED) is 0.251. The number of fused-ring (bicyclic) bond motifs is 1. The number of thiocarbonyl (C=S) groups is 1. The number of hydrazone groups is 1. The number of halogens is 1. The molecule has 3 aromatic carbocycles. The third kappa shape index (κ3) is 4.37. The first kappa shape index (κ1) is 20.8. The average molecular weight is 495 g/mol. The van der Waals surface area contributed by atoms with Gasteiger partial charge in [0.15, 0.2) is 11.0 Å². The number of nitrogens with zero attached hydrogens (tertiary/aromatic N) is 2. The highest BCUT2D eigenvalue weighted by molar-refractivity contribution is 9.10. The Bertz CT molecular complexity index is 1240. The first-order chi connectivity index (χ1) is 14.9. The number of carbonyl (C=O) groups excluding carboxylic acids is 3. The molecule has 0 aromatic heterocycles. The minimum Gasteiger partial charge on any atom is -0.301 e. The fraction of sp³-hybridized carbons (Fsp3) is 0.0455. The predicted octanol–water partition coefficient (Wildman–Crippen LogP) is 3.38. The molecule has 4 rings (SSSR count). The van der Waals surface area contributed by atoms with E-state index in [4.69, 9.17) is 12.2 Å². The van der Waals surface area contributed by atoms with Crippen molar-refractivity contribution in [2.45, 2.75) is 0 Å². The van der Waals surface area contributed by atoms with Crippen molar-refractivity contribution in [2.75, 3.05) is 4.90 Å². The molecule has 9 heteroatoms. The number of hydrogen-bond donors (Lipinski definition) is 2. The van der Waals surface area contributed by atoms with Crippen LogP contribution in [0.4, 0.5) is 5.69 Å². The maximum atomic E-state index is 12.9. The van der Waals surface area contributed by atoms with Crippen LogP contribution in [0.2, 0.25) is 0 Å². The van der Waals surface area contributed by atoms with Crippen LogP contribution in [-0.2, 0) is 9.59 Å². The van der Waals surface area contributed by atoms with Crippen molar-refractivity contribution in [1.82, 2.24) is 10.7 Å². The highest BCUT2D eigenvalue weighted by atomic mass is 79.9. The fourth-order valence-corrected chi connectivity index (χ4v) is 3.68. The molecule has 2 N–H and O–H groups in total. The van der Waals surface area contributed by atoms with Gasteiger partial charge in [0.25, 0.3) is 11.8 Å². The predicted molar refractivity (Wildman–Crippen MR) is 126 cm³/mol. The van der Waals surface area contributed by atoms with Gasteiger partial charge in [0, 0.05) is 16.3 Å². The Morgan fingerprint density at radius 3 is 2.52 bits per heavy atom. The summed E-state index contributed by atoms with van der Waals surface area (Å²) in [7, 11) is 0. The van der Waals surface area contributed by atoms with Crippen LogP contribution in [0.25, 0.3) is 10.8 Å². The van der Waals surface area contributed by atoms with Crippen molar-refractivity contribution >= 4 is 73.7 Å². The molecule has 7 nitrogen and oxygen atoms in total. The molecular weight excluding hydrogens is 480 g/mol. The topological polar surface area (TPSA) is 90.9 Å². The van der Waals surface area contributed by atoms with Gasteiger partial charge in [0.2, 0.25) is 5.91 Å². The van der Waals surface area contributed by atoms with E-state index in [0.29, 0.717) is 11.3 Å². The first-order valence-corrected chi connectivity index (χ1v) is 10.4. The van der Waals surface area contributed by atoms with E-state index in [1.807, 2.05) is 30.3 Å². The molecule has 0 spiro atoms. The van der Waals surface area contributed by atoms with Gasteiger partial charge < -0.3 is 5.32 Å². The van der Waals surface area contributed by atoms with E-state index < -0.39 is 23.6 Å². The van der Waals surface area contributed by atoms with Gasteiger partial charge in [-0.3, -0.25) is 19.3 Å². The van der Waals surface area contributed by atoms with Crippen LogP contribution in [0.1, 0.15) is 10.4 Å². The number of rotatable bonds is 4. The van der Waals surface area contributed by atoms with Gasteiger partial charge in [-0.2, -0.15) is 5.10 Å². The van der Waals surface area contributed by atoms with E-state index in [0.717, 1.165) is 21.5 Å². The zero-order valence-corrected chi connectivity index (χ0v) is 18.3. The Morgan fingerprint density at radius 1 is 1.06 bits per heavy atom. The van der Waals surface area contributed by atoms with Gasteiger partial charge in [0.1, 0.15) is 0 Å². The third-order valence-electron chi connectivity index (χ3n) is 4.69. The van der Waals surface area contributed by atoms with E-state index >= 15 is 0 Å². The van der Waals surface area contributed by atoms with Crippen LogP contribution >= 0.6 is 28.1 Å². The Hall–Kier alpha value is -3.43. The van der Waals surface area contributed by atoms with Gasteiger partial charge >= 0.3 is 0 Å². The van der Waals surface area contributed by atoms with Gasteiger partial charge in [-0.05, 0) is 59.4 Å². The van der Waals surface area contributed by atoms with Gasteiger partial charge in [0.05, 0.1) is 5.69 Å². The number of benzene rings is 3. The Morgan fingerprint density at radius 2 is 1.77 bits per heavy atom. The molecule has 3 aromatic rings.